The number of hydrogen-bond acceptors (Lipinski definition) is 5. The third-order valence-corrected chi connectivity index (χ3v) is 6.99. The van der Waals surface area contributed by atoms with Crippen molar-refractivity contribution in [3.8, 4) is 0 Å². The number of allylic oxidation sites excluding steroid dienone is 3. The SMILES string of the molecule is CC1(C)C(N)=N[C@](C)(C2C(F)=CC=C(N)C2F)CS1(=O)=O. The van der Waals surface area contributed by atoms with Gasteiger partial charge in [0.05, 0.1) is 17.2 Å². The topological polar surface area (TPSA) is 98.5 Å². The molecule has 5 nitrogen and oxygen atoms in total. The molecule has 0 saturated carbocycles. The van der Waals surface area contributed by atoms with Crippen molar-refractivity contribution in [3.05, 3.63) is 23.7 Å². The van der Waals surface area contributed by atoms with E-state index in [0.29, 0.717) is 0 Å². The first-order valence-corrected chi connectivity index (χ1v) is 8.12. The van der Waals surface area contributed by atoms with E-state index in [9.17, 15) is 17.2 Å². The van der Waals surface area contributed by atoms with Gasteiger partial charge in [0.15, 0.2) is 16.0 Å². The molecule has 8 heteroatoms. The maximum Gasteiger partial charge on any atom is 0.165 e. The second-order valence-corrected chi connectivity index (χ2v) is 8.76. The van der Waals surface area contributed by atoms with E-state index in [4.69, 9.17) is 11.5 Å². The number of amidine groups is 1. The lowest BCUT2D eigenvalue weighted by Crippen LogP contribution is -2.59. The summed E-state index contributed by atoms with van der Waals surface area (Å²) in [5.41, 5.74) is 9.57. The van der Waals surface area contributed by atoms with Gasteiger partial charge in [-0.25, -0.2) is 17.2 Å². The predicted octanol–water partition coefficient (Wildman–Crippen LogP) is 0.973. The van der Waals surface area contributed by atoms with Crippen LogP contribution >= 0.6 is 0 Å². The highest BCUT2D eigenvalue weighted by Gasteiger charge is 2.54. The number of sulfone groups is 1. The number of alkyl halides is 1. The minimum Gasteiger partial charge on any atom is -0.400 e. The molecule has 0 spiro atoms. The zero-order chi connectivity index (χ0) is 16.2. The van der Waals surface area contributed by atoms with Gasteiger partial charge < -0.3 is 11.5 Å². The molecule has 1 heterocycles. The summed E-state index contributed by atoms with van der Waals surface area (Å²) in [7, 11) is -3.71. The van der Waals surface area contributed by atoms with Crippen molar-refractivity contribution < 1.29 is 17.2 Å². The molecule has 0 fully saturated rings. The van der Waals surface area contributed by atoms with Gasteiger partial charge in [0.2, 0.25) is 0 Å². The van der Waals surface area contributed by atoms with Gasteiger partial charge in [-0.15, -0.1) is 0 Å². The van der Waals surface area contributed by atoms with Crippen molar-refractivity contribution in [3.63, 3.8) is 0 Å². The van der Waals surface area contributed by atoms with Crippen LogP contribution in [0.1, 0.15) is 20.8 Å². The third kappa shape index (κ3) is 2.25. The molecule has 1 aliphatic heterocycles. The summed E-state index contributed by atoms with van der Waals surface area (Å²) in [5, 5.41) is 0. The summed E-state index contributed by atoms with van der Waals surface area (Å²) in [5.74, 6) is -2.82. The Labute approximate surface area is 122 Å². The Hall–Kier alpha value is -1.44. The highest BCUT2D eigenvalue weighted by atomic mass is 32.2. The fourth-order valence-electron chi connectivity index (χ4n) is 2.64. The van der Waals surface area contributed by atoms with E-state index in [0.717, 1.165) is 12.2 Å². The summed E-state index contributed by atoms with van der Waals surface area (Å²) < 4.78 is 51.8. The van der Waals surface area contributed by atoms with Crippen LogP contribution in [0.15, 0.2) is 28.7 Å². The van der Waals surface area contributed by atoms with Gasteiger partial charge in [-0.2, -0.15) is 0 Å². The van der Waals surface area contributed by atoms with Crippen molar-refractivity contribution in [2.75, 3.05) is 5.75 Å². The molecule has 2 rings (SSSR count). The molecule has 0 saturated heterocycles. The Kier molecular flexibility index (Phi) is 3.44. The lowest BCUT2D eigenvalue weighted by atomic mass is 9.79. The van der Waals surface area contributed by atoms with Crippen LogP contribution in [0.3, 0.4) is 0 Å². The molecule has 3 atom stereocenters. The van der Waals surface area contributed by atoms with Crippen molar-refractivity contribution in [1.29, 1.82) is 0 Å². The number of halogens is 2. The normalized spacial score (nSPS) is 38.2. The molecule has 0 radical (unpaired) electrons. The highest BCUT2D eigenvalue weighted by molar-refractivity contribution is 7.93. The van der Waals surface area contributed by atoms with Gasteiger partial charge >= 0.3 is 0 Å². The minimum absolute atomic E-state index is 0.149. The van der Waals surface area contributed by atoms with Crippen LogP contribution in [0.25, 0.3) is 0 Å². The van der Waals surface area contributed by atoms with Gasteiger partial charge in [-0.05, 0) is 32.9 Å². The zero-order valence-corrected chi connectivity index (χ0v) is 12.9. The fraction of sp³-hybridized carbons (Fsp3) is 0.615. The van der Waals surface area contributed by atoms with Crippen LogP contribution in [0.4, 0.5) is 8.78 Å². The van der Waals surface area contributed by atoms with Crippen molar-refractivity contribution in [1.82, 2.24) is 0 Å². The number of hydrogen-bond donors (Lipinski definition) is 2. The Morgan fingerprint density at radius 1 is 1.29 bits per heavy atom. The van der Waals surface area contributed by atoms with Crippen LogP contribution in [-0.2, 0) is 9.84 Å². The van der Waals surface area contributed by atoms with Gasteiger partial charge in [0.1, 0.15) is 16.4 Å². The Morgan fingerprint density at radius 2 is 1.86 bits per heavy atom. The smallest absolute Gasteiger partial charge is 0.165 e. The number of nitrogens with two attached hydrogens (primary N) is 2. The maximum absolute atomic E-state index is 14.3. The molecule has 0 aromatic heterocycles. The van der Waals surface area contributed by atoms with Crippen LogP contribution < -0.4 is 11.5 Å². The number of rotatable bonds is 1. The lowest BCUT2D eigenvalue weighted by molar-refractivity contribution is 0.188. The average molecular weight is 319 g/mol. The quantitative estimate of drug-likeness (QED) is 0.752. The molecule has 118 valence electrons. The van der Waals surface area contributed by atoms with Crippen molar-refractivity contribution >= 4 is 15.7 Å². The summed E-state index contributed by atoms with van der Waals surface area (Å²) in [4.78, 5) is 4.13. The van der Waals surface area contributed by atoms with E-state index in [2.05, 4.69) is 4.99 Å². The van der Waals surface area contributed by atoms with E-state index in [-0.39, 0.29) is 11.5 Å². The molecule has 21 heavy (non-hydrogen) atoms. The van der Waals surface area contributed by atoms with Crippen LogP contribution in [0.5, 0.6) is 0 Å². The Balaban J connectivity index is 2.57. The maximum atomic E-state index is 14.3. The first-order chi connectivity index (χ1) is 9.42. The fourth-order valence-corrected chi connectivity index (χ4v) is 4.38. The first-order valence-electron chi connectivity index (χ1n) is 6.47. The molecule has 0 bridgehead atoms. The van der Waals surface area contributed by atoms with Gasteiger partial charge in [0, 0.05) is 5.70 Å². The summed E-state index contributed by atoms with van der Waals surface area (Å²) in [6.45, 7) is 4.24. The summed E-state index contributed by atoms with van der Waals surface area (Å²) >= 11 is 0. The summed E-state index contributed by atoms with van der Waals surface area (Å²) in [6, 6.07) is 0. The molecule has 2 aliphatic rings. The van der Waals surface area contributed by atoms with E-state index >= 15 is 0 Å². The van der Waals surface area contributed by atoms with Crippen molar-refractivity contribution in [2.24, 2.45) is 22.4 Å². The van der Waals surface area contributed by atoms with Crippen molar-refractivity contribution in [2.45, 2.75) is 37.2 Å². The second kappa shape index (κ2) is 4.53. The molecule has 0 aromatic rings. The Morgan fingerprint density at radius 3 is 2.38 bits per heavy atom. The van der Waals surface area contributed by atoms with Crippen LogP contribution in [-0.4, -0.2) is 36.5 Å². The lowest BCUT2D eigenvalue weighted by Gasteiger charge is -2.42. The molecular formula is C13H19F2N3O2S. The monoisotopic (exact) mass is 319 g/mol. The first kappa shape index (κ1) is 15.9. The largest absolute Gasteiger partial charge is 0.400 e. The molecule has 1 aliphatic carbocycles. The standard InChI is InChI=1S/C13H19F2N3O2S/c1-12(2)11(17)18-13(3,6-21(12,19)20)9-7(14)4-5-8(16)10(9)15/h4-5,9-10H,6,16H2,1-3H3,(H2,17,18)/t9?,10?,13-/m0/s1. The van der Waals surface area contributed by atoms with Gasteiger partial charge in [-0.3, -0.25) is 4.99 Å². The van der Waals surface area contributed by atoms with Crippen LogP contribution in [0.2, 0.25) is 0 Å². The molecule has 4 N–H and O–H groups in total. The van der Waals surface area contributed by atoms with Crippen LogP contribution in [0, 0.1) is 5.92 Å². The van der Waals surface area contributed by atoms with Gasteiger partial charge in [-0.1, -0.05) is 0 Å². The van der Waals surface area contributed by atoms with Gasteiger partial charge in [0.25, 0.3) is 0 Å². The third-order valence-electron chi connectivity index (χ3n) is 4.27. The Bertz CT molecular complexity index is 667. The summed E-state index contributed by atoms with van der Waals surface area (Å²) in [6.07, 6.45) is 0.334. The molecular weight excluding hydrogens is 300 g/mol. The second-order valence-electron chi connectivity index (χ2n) is 6.22. The molecule has 2 unspecified atom stereocenters. The predicted molar refractivity (Wildman–Crippen MR) is 77.7 cm³/mol. The van der Waals surface area contributed by atoms with E-state index in [1.165, 1.54) is 20.8 Å². The van der Waals surface area contributed by atoms with E-state index in [1.807, 2.05) is 0 Å². The highest BCUT2D eigenvalue weighted by Crippen LogP contribution is 2.42. The minimum atomic E-state index is -3.71. The molecule has 0 amide bonds. The van der Waals surface area contributed by atoms with E-state index < -0.39 is 43.8 Å². The zero-order valence-electron chi connectivity index (χ0n) is 12.1. The molecule has 0 aromatic carbocycles. The number of nitrogens with zero attached hydrogens (tertiary/aromatic N) is 1. The number of aliphatic imine (C=N–C) groups is 1. The van der Waals surface area contributed by atoms with E-state index in [1.54, 1.807) is 0 Å². The average Bonchev–Trinajstić information content (AvgIpc) is 2.31.